The van der Waals surface area contributed by atoms with E-state index in [9.17, 15) is 4.79 Å². The van der Waals surface area contributed by atoms with Gasteiger partial charge in [-0.3, -0.25) is 4.79 Å². The molecule has 0 spiro atoms. The van der Waals surface area contributed by atoms with Crippen molar-refractivity contribution in [3.8, 4) is 5.82 Å². The fourth-order valence-electron chi connectivity index (χ4n) is 1.99. The van der Waals surface area contributed by atoms with Crippen LogP contribution in [0.1, 0.15) is 35.7 Å². The van der Waals surface area contributed by atoms with Gasteiger partial charge in [0.25, 0.3) is 5.91 Å². The monoisotopic (exact) mass is 321 g/mol. The number of aryl methyl sites for hydroxylation is 2. The molecule has 2 aromatic heterocycles. The Morgan fingerprint density at radius 2 is 2.09 bits per heavy atom. The first-order chi connectivity index (χ1) is 10.2. The van der Waals surface area contributed by atoms with Crippen LogP contribution in [0.25, 0.3) is 5.82 Å². The lowest BCUT2D eigenvalue weighted by Crippen LogP contribution is -2.49. The number of halogens is 1. The summed E-state index contributed by atoms with van der Waals surface area (Å²) < 4.78 is 1.68. The molecule has 3 N–H and O–H groups in total. The molecule has 6 nitrogen and oxygen atoms in total. The number of rotatable bonds is 4. The van der Waals surface area contributed by atoms with Gasteiger partial charge in [-0.1, -0.05) is 11.6 Å². The Kier molecular flexibility index (Phi) is 4.53. The third-order valence-corrected chi connectivity index (χ3v) is 3.54. The van der Waals surface area contributed by atoms with E-state index in [1.165, 1.54) is 0 Å². The third-order valence-electron chi connectivity index (χ3n) is 3.24. The number of hydrogen-bond donors (Lipinski definition) is 2. The van der Waals surface area contributed by atoms with Gasteiger partial charge in [-0.25, -0.2) is 9.67 Å². The molecular weight excluding hydrogens is 302 g/mol. The Labute approximate surface area is 134 Å². The molecule has 0 fully saturated rings. The minimum atomic E-state index is -0.531. The van der Waals surface area contributed by atoms with Gasteiger partial charge in [-0.05, 0) is 45.9 Å². The van der Waals surface area contributed by atoms with Crippen LogP contribution in [-0.2, 0) is 0 Å². The number of carbonyl (C=O) groups excluding carboxylic acids is 1. The molecule has 0 aliphatic rings. The molecular formula is C15H20ClN5O. The van der Waals surface area contributed by atoms with Gasteiger partial charge in [0.1, 0.15) is 5.69 Å². The molecule has 0 atom stereocenters. The molecule has 0 saturated carbocycles. The van der Waals surface area contributed by atoms with Crippen LogP contribution in [0.2, 0.25) is 5.02 Å². The van der Waals surface area contributed by atoms with Crippen molar-refractivity contribution in [2.45, 2.75) is 33.2 Å². The van der Waals surface area contributed by atoms with Gasteiger partial charge >= 0.3 is 0 Å². The van der Waals surface area contributed by atoms with Gasteiger partial charge in [0.2, 0.25) is 0 Å². The molecule has 2 heterocycles. The average molecular weight is 322 g/mol. The Bertz CT molecular complexity index is 708. The van der Waals surface area contributed by atoms with E-state index in [0.29, 0.717) is 12.4 Å². The molecule has 0 bridgehead atoms. The zero-order valence-corrected chi connectivity index (χ0v) is 13.9. The van der Waals surface area contributed by atoms with Crippen LogP contribution >= 0.6 is 11.6 Å². The van der Waals surface area contributed by atoms with Crippen LogP contribution in [0.3, 0.4) is 0 Å². The van der Waals surface area contributed by atoms with Crippen molar-refractivity contribution < 1.29 is 4.79 Å². The number of nitrogens with one attached hydrogen (secondary N) is 1. The summed E-state index contributed by atoms with van der Waals surface area (Å²) in [5.41, 5.74) is 7.07. The van der Waals surface area contributed by atoms with Crippen LogP contribution in [-0.4, -0.2) is 32.8 Å². The summed E-state index contributed by atoms with van der Waals surface area (Å²) in [6, 6.07) is 5.31. The van der Waals surface area contributed by atoms with E-state index in [0.717, 1.165) is 11.4 Å². The predicted octanol–water partition coefficient (Wildman–Crippen LogP) is 2.00. The van der Waals surface area contributed by atoms with Gasteiger partial charge in [-0.2, -0.15) is 5.10 Å². The van der Waals surface area contributed by atoms with Gasteiger partial charge in [0.15, 0.2) is 5.82 Å². The number of nitrogens with zero attached hydrogens (tertiary/aromatic N) is 3. The number of carbonyl (C=O) groups is 1. The van der Waals surface area contributed by atoms with E-state index in [-0.39, 0.29) is 16.6 Å². The molecule has 2 aromatic rings. The maximum absolute atomic E-state index is 12.4. The highest BCUT2D eigenvalue weighted by Gasteiger charge is 2.22. The second-order valence-electron chi connectivity index (χ2n) is 5.88. The molecule has 1 amide bonds. The minimum Gasteiger partial charge on any atom is -0.345 e. The highest BCUT2D eigenvalue weighted by molar-refractivity contribution is 6.33. The molecule has 118 valence electrons. The first-order valence-corrected chi connectivity index (χ1v) is 7.34. The SMILES string of the molecule is Cc1cc(C)n(-c2ccc(Cl)c(C(=O)NC(C)(C)CN)n2)n1. The Morgan fingerprint density at radius 3 is 2.64 bits per heavy atom. The minimum absolute atomic E-state index is 0.160. The predicted molar refractivity (Wildman–Crippen MR) is 86.4 cm³/mol. The van der Waals surface area contributed by atoms with Crippen LogP contribution in [0.5, 0.6) is 0 Å². The number of hydrogen-bond acceptors (Lipinski definition) is 4. The Balaban J connectivity index is 2.39. The van der Waals surface area contributed by atoms with Gasteiger partial charge < -0.3 is 11.1 Å². The number of aromatic nitrogens is 3. The number of pyridine rings is 1. The summed E-state index contributed by atoms with van der Waals surface area (Å²) in [7, 11) is 0. The molecule has 2 rings (SSSR count). The normalized spacial score (nSPS) is 11.5. The molecule has 22 heavy (non-hydrogen) atoms. The lowest BCUT2D eigenvalue weighted by atomic mass is 10.1. The van der Waals surface area contributed by atoms with Crippen molar-refractivity contribution in [1.82, 2.24) is 20.1 Å². The second kappa shape index (κ2) is 6.06. The zero-order valence-electron chi connectivity index (χ0n) is 13.1. The molecule has 0 aliphatic heterocycles. The van der Waals surface area contributed by atoms with Gasteiger partial charge in [-0.15, -0.1) is 0 Å². The lowest BCUT2D eigenvalue weighted by Gasteiger charge is -2.24. The summed E-state index contributed by atoms with van der Waals surface area (Å²) in [5, 5.41) is 7.47. The van der Waals surface area contributed by atoms with Crippen molar-refractivity contribution in [3.63, 3.8) is 0 Å². The fraction of sp³-hybridized carbons (Fsp3) is 0.400. The maximum atomic E-state index is 12.4. The zero-order chi connectivity index (χ0) is 16.5. The largest absolute Gasteiger partial charge is 0.345 e. The highest BCUT2D eigenvalue weighted by Crippen LogP contribution is 2.18. The van der Waals surface area contributed by atoms with Crippen LogP contribution in [0.4, 0.5) is 0 Å². The van der Waals surface area contributed by atoms with E-state index < -0.39 is 5.54 Å². The van der Waals surface area contributed by atoms with Gasteiger partial charge in [0.05, 0.1) is 10.7 Å². The van der Waals surface area contributed by atoms with Crippen LogP contribution in [0.15, 0.2) is 18.2 Å². The van der Waals surface area contributed by atoms with E-state index in [4.69, 9.17) is 17.3 Å². The quantitative estimate of drug-likeness (QED) is 0.902. The molecule has 0 saturated heterocycles. The van der Waals surface area contributed by atoms with Crippen LogP contribution < -0.4 is 11.1 Å². The van der Waals surface area contributed by atoms with Gasteiger partial charge in [0, 0.05) is 17.8 Å². The Hall–Kier alpha value is -1.92. The molecule has 0 radical (unpaired) electrons. The fourth-order valence-corrected chi connectivity index (χ4v) is 2.18. The summed E-state index contributed by atoms with van der Waals surface area (Å²) in [6.45, 7) is 7.81. The second-order valence-corrected chi connectivity index (χ2v) is 6.29. The van der Waals surface area contributed by atoms with Crippen molar-refractivity contribution in [2.75, 3.05) is 6.54 Å². The van der Waals surface area contributed by atoms with Crippen molar-refractivity contribution in [3.05, 3.63) is 40.3 Å². The highest BCUT2D eigenvalue weighted by atomic mass is 35.5. The number of nitrogens with two attached hydrogens (primary N) is 1. The van der Waals surface area contributed by atoms with Crippen molar-refractivity contribution >= 4 is 17.5 Å². The first-order valence-electron chi connectivity index (χ1n) is 6.96. The topological polar surface area (TPSA) is 85.8 Å². The van der Waals surface area contributed by atoms with E-state index in [1.807, 2.05) is 33.8 Å². The van der Waals surface area contributed by atoms with Crippen molar-refractivity contribution in [1.29, 1.82) is 0 Å². The molecule has 7 heteroatoms. The number of amides is 1. The Morgan fingerprint density at radius 1 is 1.41 bits per heavy atom. The van der Waals surface area contributed by atoms with Crippen LogP contribution in [0, 0.1) is 13.8 Å². The van der Waals surface area contributed by atoms with E-state index in [2.05, 4.69) is 15.4 Å². The summed E-state index contributed by atoms with van der Waals surface area (Å²) >= 11 is 6.11. The van der Waals surface area contributed by atoms with E-state index in [1.54, 1.807) is 16.8 Å². The van der Waals surface area contributed by atoms with E-state index >= 15 is 0 Å². The summed E-state index contributed by atoms with van der Waals surface area (Å²) in [6.07, 6.45) is 0. The van der Waals surface area contributed by atoms with Crippen molar-refractivity contribution in [2.24, 2.45) is 5.73 Å². The molecule has 0 aromatic carbocycles. The lowest BCUT2D eigenvalue weighted by molar-refractivity contribution is 0.0910. The standard InChI is InChI=1S/C15H20ClN5O/c1-9-7-10(2)21(20-9)12-6-5-11(16)13(18-12)14(22)19-15(3,4)8-17/h5-7H,8,17H2,1-4H3,(H,19,22). The summed E-state index contributed by atoms with van der Waals surface area (Å²) in [4.78, 5) is 16.7. The average Bonchev–Trinajstić information content (AvgIpc) is 2.77. The smallest absolute Gasteiger partial charge is 0.271 e. The summed E-state index contributed by atoms with van der Waals surface area (Å²) in [5.74, 6) is 0.189. The first kappa shape index (κ1) is 16.5. The third kappa shape index (κ3) is 3.45. The molecule has 0 aliphatic carbocycles. The maximum Gasteiger partial charge on any atom is 0.271 e. The molecule has 0 unspecified atom stereocenters.